The fraction of sp³-hybridized carbons (Fsp3) is 1.00. The Kier molecular flexibility index (Phi) is 2.43. The summed E-state index contributed by atoms with van der Waals surface area (Å²) in [5.74, 6) is 4.50. The van der Waals surface area contributed by atoms with Crippen LogP contribution in [-0.2, 0) is 0 Å². The van der Waals surface area contributed by atoms with Crippen molar-refractivity contribution in [2.75, 3.05) is 0 Å². The van der Waals surface area contributed by atoms with Crippen LogP contribution >= 0.6 is 0 Å². The van der Waals surface area contributed by atoms with Gasteiger partial charge in [-0.2, -0.15) is 0 Å². The van der Waals surface area contributed by atoms with Crippen molar-refractivity contribution in [2.45, 2.75) is 52.4 Å². The molecular weight excluding hydrogens is 144 g/mol. The molecule has 0 heterocycles. The second-order valence-corrected chi connectivity index (χ2v) is 5.03. The van der Waals surface area contributed by atoms with Crippen LogP contribution in [0.4, 0.5) is 0 Å². The molecule has 0 amide bonds. The van der Waals surface area contributed by atoms with Crippen molar-refractivity contribution in [2.24, 2.45) is 23.7 Å². The van der Waals surface area contributed by atoms with Crippen LogP contribution in [0.1, 0.15) is 52.4 Å². The molecule has 4 atom stereocenters. The predicted molar refractivity (Wildman–Crippen MR) is 53.0 cm³/mol. The Labute approximate surface area is 76.7 Å². The number of hydrogen-bond acceptors (Lipinski definition) is 0. The van der Waals surface area contributed by atoms with Crippen molar-refractivity contribution in [3.8, 4) is 0 Å². The first-order chi connectivity index (χ1) is 5.83. The Bertz CT molecular complexity index is 150. The van der Waals surface area contributed by atoms with E-state index >= 15 is 0 Å². The average Bonchev–Trinajstić information content (AvgIpc) is 2.37. The zero-order chi connectivity index (χ0) is 8.55. The highest BCUT2D eigenvalue weighted by molar-refractivity contribution is 4.95. The Balaban J connectivity index is 1.83. The summed E-state index contributed by atoms with van der Waals surface area (Å²) in [6, 6.07) is 0. The smallest absolute Gasteiger partial charge is 0.0331 e. The molecule has 0 N–H and O–H groups in total. The average molecular weight is 166 g/mol. The predicted octanol–water partition coefficient (Wildman–Crippen LogP) is 3.86. The van der Waals surface area contributed by atoms with E-state index in [1.807, 2.05) is 0 Å². The highest BCUT2D eigenvalue weighted by Gasteiger charge is 2.46. The summed E-state index contributed by atoms with van der Waals surface area (Å²) in [5, 5.41) is 0. The lowest BCUT2D eigenvalue weighted by Gasteiger charge is -2.41. The largest absolute Gasteiger partial charge is 0.0654 e. The maximum atomic E-state index is 2.46. The van der Waals surface area contributed by atoms with E-state index in [4.69, 9.17) is 0 Å². The van der Waals surface area contributed by atoms with Gasteiger partial charge in [-0.1, -0.05) is 33.1 Å². The molecule has 0 aromatic rings. The van der Waals surface area contributed by atoms with Gasteiger partial charge < -0.3 is 0 Å². The molecule has 12 heavy (non-hydrogen) atoms. The first kappa shape index (κ1) is 8.59. The van der Waals surface area contributed by atoms with Crippen molar-refractivity contribution in [3.63, 3.8) is 0 Å². The van der Waals surface area contributed by atoms with Gasteiger partial charge in [-0.15, -0.1) is 0 Å². The molecule has 70 valence electrons. The molecule has 2 aliphatic carbocycles. The summed E-state index contributed by atoms with van der Waals surface area (Å²) in [5.41, 5.74) is 0. The molecule has 2 rings (SSSR count). The van der Waals surface area contributed by atoms with Gasteiger partial charge in [-0.25, -0.2) is 0 Å². The van der Waals surface area contributed by atoms with Gasteiger partial charge in [0.15, 0.2) is 0 Å². The van der Waals surface area contributed by atoms with Gasteiger partial charge in [0.25, 0.3) is 0 Å². The number of hydrogen-bond donors (Lipinski definition) is 0. The van der Waals surface area contributed by atoms with Crippen molar-refractivity contribution in [3.05, 3.63) is 0 Å². The van der Waals surface area contributed by atoms with E-state index in [0.717, 1.165) is 23.7 Å². The van der Waals surface area contributed by atoms with Crippen LogP contribution in [0.15, 0.2) is 0 Å². The van der Waals surface area contributed by atoms with E-state index in [-0.39, 0.29) is 0 Å². The van der Waals surface area contributed by atoms with Gasteiger partial charge in [0.05, 0.1) is 0 Å². The number of unbranched alkanes of at least 4 members (excludes halogenated alkanes) is 1. The van der Waals surface area contributed by atoms with Crippen LogP contribution in [0.2, 0.25) is 0 Å². The lowest BCUT2D eigenvalue weighted by molar-refractivity contribution is 0.0784. The second kappa shape index (κ2) is 3.40. The lowest BCUT2D eigenvalue weighted by atomic mass is 9.64. The summed E-state index contributed by atoms with van der Waals surface area (Å²) in [7, 11) is 0. The van der Waals surface area contributed by atoms with E-state index in [9.17, 15) is 0 Å². The van der Waals surface area contributed by atoms with Gasteiger partial charge in [-0.05, 0) is 42.9 Å². The molecule has 0 aliphatic heterocycles. The minimum absolute atomic E-state index is 1.07. The van der Waals surface area contributed by atoms with Crippen LogP contribution in [-0.4, -0.2) is 0 Å². The Hall–Kier alpha value is 0. The van der Waals surface area contributed by atoms with Gasteiger partial charge in [-0.3, -0.25) is 0 Å². The molecule has 0 saturated heterocycles. The van der Waals surface area contributed by atoms with Crippen molar-refractivity contribution in [1.82, 2.24) is 0 Å². The number of fused-ring (bicyclic) bond motifs is 1. The Morgan fingerprint density at radius 1 is 1.25 bits per heavy atom. The van der Waals surface area contributed by atoms with Crippen LogP contribution < -0.4 is 0 Å². The number of rotatable bonds is 3. The molecule has 4 unspecified atom stereocenters. The molecule has 0 nitrogen and oxygen atoms in total. The third kappa shape index (κ3) is 1.30. The summed E-state index contributed by atoms with van der Waals surface area (Å²) >= 11 is 0. The highest BCUT2D eigenvalue weighted by atomic mass is 14.5. The van der Waals surface area contributed by atoms with Crippen LogP contribution in [0.5, 0.6) is 0 Å². The molecule has 0 bridgehead atoms. The molecule has 0 heteroatoms. The van der Waals surface area contributed by atoms with Gasteiger partial charge in [0, 0.05) is 0 Å². The molecule has 0 spiro atoms. The van der Waals surface area contributed by atoms with E-state index < -0.39 is 0 Å². The lowest BCUT2D eigenvalue weighted by Crippen LogP contribution is -2.34. The molecule has 0 radical (unpaired) electrons. The van der Waals surface area contributed by atoms with Gasteiger partial charge in [0.2, 0.25) is 0 Å². The minimum atomic E-state index is 1.07. The van der Waals surface area contributed by atoms with Gasteiger partial charge in [0.1, 0.15) is 0 Å². The zero-order valence-corrected chi connectivity index (χ0v) is 8.55. The third-order valence-corrected chi connectivity index (χ3v) is 4.26. The van der Waals surface area contributed by atoms with E-state index in [1.165, 1.54) is 19.3 Å². The fourth-order valence-electron chi connectivity index (χ4n) is 3.64. The Morgan fingerprint density at radius 2 is 2.08 bits per heavy atom. The molecule has 0 aromatic carbocycles. The van der Waals surface area contributed by atoms with Crippen molar-refractivity contribution in [1.29, 1.82) is 0 Å². The zero-order valence-electron chi connectivity index (χ0n) is 8.55. The van der Waals surface area contributed by atoms with Crippen LogP contribution in [0.3, 0.4) is 0 Å². The Morgan fingerprint density at radius 3 is 2.75 bits per heavy atom. The quantitative estimate of drug-likeness (QED) is 0.597. The summed E-state index contributed by atoms with van der Waals surface area (Å²) < 4.78 is 0. The molecule has 2 aliphatic rings. The second-order valence-electron chi connectivity index (χ2n) is 5.03. The molecule has 2 saturated carbocycles. The molecule has 0 aromatic heterocycles. The van der Waals surface area contributed by atoms with Crippen molar-refractivity contribution < 1.29 is 0 Å². The van der Waals surface area contributed by atoms with Gasteiger partial charge >= 0.3 is 0 Å². The first-order valence-corrected chi connectivity index (χ1v) is 5.83. The first-order valence-electron chi connectivity index (χ1n) is 5.83. The summed E-state index contributed by atoms with van der Waals surface area (Å²) in [6.45, 7) is 4.78. The van der Waals surface area contributed by atoms with E-state index in [1.54, 1.807) is 19.3 Å². The van der Waals surface area contributed by atoms with Crippen LogP contribution in [0.25, 0.3) is 0 Å². The maximum Gasteiger partial charge on any atom is -0.0331 e. The maximum absolute atomic E-state index is 2.46. The monoisotopic (exact) mass is 166 g/mol. The summed E-state index contributed by atoms with van der Waals surface area (Å²) in [6.07, 6.45) is 9.06. The normalized spacial score (nSPS) is 45.5. The third-order valence-electron chi connectivity index (χ3n) is 4.26. The fourth-order valence-corrected chi connectivity index (χ4v) is 3.64. The summed E-state index contributed by atoms with van der Waals surface area (Å²) in [4.78, 5) is 0. The van der Waals surface area contributed by atoms with Crippen LogP contribution in [0, 0.1) is 23.7 Å². The minimum Gasteiger partial charge on any atom is -0.0654 e. The van der Waals surface area contributed by atoms with E-state index in [0.29, 0.717) is 0 Å². The molecule has 2 fully saturated rings. The highest BCUT2D eigenvalue weighted by Crippen LogP contribution is 2.55. The van der Waals surface area contributed by atoms with Crippen molar-refractivity contribution >= 4 is 0 Å². The standard InChI is InChI=1S/C12H22/c1-3-4-5-10-6-7-11-8-9(2)12(10)11/h9-12H,3-8H2,1-2H3. The SMILES string of the molecule is CCCCC1CCC2CC(C)C12. The topological polar surface area (TPSA) is 0 Å². The van der Waals surface area contributed by atoms with E-state index in [2.05, 4.69) is 13.8 Å². The molecular formula is C12H22.